The number of hydrogen-bond acceptors (Lipinski definition) is 4. The maximum Gasteiger partial charge on any atom is 0.138 e. The molecule has 0 saturated heterocycles. The molecule has 3 N–H and O–H groups in total. The van der Waals surface area contributed by atoms with Crippen LogP contribution in [0.5, 0.6) is 0 Å². The van der Waals surface area contributed by atoms with E-state index in [-0.39, 0.29) is 0 Å². The number of nitrogens with one attached hydrogen (secondary N) is 1. The lowest BCUT2D eigenvalue weighted by Crippen LogP contribution is -2.04. The lowest BCUT2D eigenvalue weighted by Gasteiger charge is -2.10. The molecule has 0 amide bonds. The Morgan fingerprint density at radius 2 is 2.06 bits per heavy atom. The molecule has 2 rings (SSSR count). The third-order valence-corrected chi connectivity index (χ3v) is 2.96. The van der Waals surface area contributed by atoms with Crippen LogP contribution in [0.15, 0.2) is 22.7 Å². The van der Waals surface area contributed by atoms with Crippen LogP contribution in [0.25, 0.3) is 0 Å². The number of para-hydroxylation sites is 1. The van der Waals surface area contributed by atoms with Crippen molar-refractivity contribution in [3.8, 4) is 0 Å². The van der Waals surface area contributed by atoms with E-state index in [0.29, 0.717) is 6.54 Å². The number of nitrogens with zero attached hydrogens (tertiary/aromatic N) is 1. The van der Waals surface area contributed by atoms with Crippen molar-refractivity contribution in [2.45, 2.75) is 27.3 Å². The molecule has 4 nitrogen and oxygen atoms in total. The van der Waals surface area contributed by atoms with Crippen LogP contribution in [0.2, 0.25) is 0 Å². The van der Waals surface area contributed by atoms with Crippen LogP contribution in [-0.4, -0.2) is 5.16 Å². The van der Waals surface area contributed by atoms with Gasteiger partial charge in [-0.25, -0.2) is 0 Å². The van der Waals surface area contributed by atoms with E-state index in [0.717, 1.165) is 34.0 Å². The summed E-state index contributed by atoms with van der Waals surface area (Å²) < 4.78 is 5.12. The SMILES string of the molecule is Cc1cccc(NCc2c(C)noc2C)c1N. The second kappa shape index (κ2) is 4.49. The number of nitrogen functional groups attached to an aromatic ring is 1. The van der Waals surface area contributed by atoms with Gasteiger partial charge in [0.05, 0.1) is 17.1 Å². The Morgan fingerprint density at radius 3 is 2.71 bits per heavy atom. The zero-order chi connectivity index (χ0) is 12.4. The van der Waals surface area contributed by atoms with Crippen LogP contribution >= 0.6 is 0 Å². The molecule has 0 unspecified atom stereocenters. The summed E-state index contributed by atoms with van der Waals surface area (Å²) in [6.07, 6.45) is 0. The molecule has 0 radical (unpaired) electrons. The van der Waals surface area contributed by atoms with Crippen LogP contribution < -0.4 is 11.1 Å². The quantitative estimate of drug-likeness (QED) is 0.797. The van der Waals surface area contributed by atoms with Gasteiger partial charge in [-0.1, -0.05) is 17.3 Å². The molecule has 0 aliphatic rings. The number of hydrogen-bond donors (Lipinski definition) is 2. The Morgan fingerprint density at radius 1 is 1.29 bits per heavy atom. The predicted molar refractivity (Wildman–Crippen MR) is 68.9 cm³/mol. The number of rotatable bonds is 3. The molecule has 0 fully saturated rings. The van der Waals surface area contributed by atoms with E-state index in [1.807, 2.05) is 39.0 Å². The predicted octanol–water partition coefficient (Wildman–Crippen LogP) is 2.79. The molecule has 1 heterocycles. The standard InChI is InChI=1S/C13H17N3O/c1-8-5-4-6-12(13(8)14)15-7-11-9(2)16-17-10(11)3/h4-6,15H,7,14H2,1-3H3. The third-order valence-electron chi connectivity index (χ3n) is 2.96. The molecule has 0 spiro atoms. The first-order valence-electron chi connectivity index (χ1n) is 5.60. The van der Waals surface area contributed by atoms with Crippen molar-refractivity contribution < 1.29 is 4.52 Å². The summed E-state index contributed by atoms with van der Waals surface area (Å²) in [7, 11) is 0. The van der Waals surface area contributed by atoms with Crippen LogP contribution in [0.1, 0.15) is 22.6 Å². The first-order chi connectivity index (χ1) is 8.09. The van der Waals surface area contributed by atoms with Crippen molar-refractivity contribution >= 4 is 11.4 Å². The molecule has 0 saturated carbocycles. The van der Waals surface area contributed by atoms with E-state index in [1.165, 1.54) is 0 Å². The van der Waals surface area contributed by atoms with E-state index < -0.39 is 0 Å². The fraction of sp³-hybridized carbons (Fsp3) is 0.308. The van der Waals surface area contributed by atoms with Crippen LogP contribution in [0.4, 0.5) is 11.4 Å². The summed E-state index contributed by atoms with van der Waals surface area (Å²) in [5.41, 5.74) is 10.8. The van der Waals surface area contributed by atoms with Gasteiger partial charge in [0.1, 0.15) is 5.76 Å². The van der Waals surface area contributed by atoms with Crippen LogP contribution in [0.3, 0.4) is 0 Å². The smallest absolute Gasteiger partial charge is 0.138 e. The van der Waals surface area contributed by atoms with Gasteiger partial charge < -0.3 is 15.6 Å². The Hall–Kier alpha value is -1.97. The first kappa shape index (κ1) is 11.5. The van der Waals surface area contributed by atoms with Gasteiger partial charge >= 0.3 is 0 Å². The summed E-state index contributed by atoms with van der Waals surface area (Å²) >= 11 is 0. The van der Waals surface area contributed by atoms with Gasteiger partial charge in [-0.05, 0) is 32.4 Å². The van der Waals surface area contributed by atoms with Gasteiger partial charge in [0.2, 0.25) is 0 Å². The Labute approximate surface area is 101 Å². The van der Waals surface area contributed by atoms with E-state index in [4.69, 9.17) is 10.3 Å². The second-order valence-corrected chi connectivity index (χ2v) is 4.19. The molecular weight excluding hydrogens is 214 g/mol. The average Bonchev–Trinajstić information content (AvgIpc) is 2.62. The van der Waals surface area contributed by atoms with Crippen molar-refractivity contribution in [1.82, 2.24) is 5.16 Å². The van der Waals surface area contributed by atoms with Gasteiger partial charge in [0.25, 0.3) is 0 Å². The van der Waals surface area contributed by atoms with Gasteiger partial charge in [0, 0.05) is 12.1 Å². The maximum atomic E-state index is 6.00. The van der Waals surface area contributed by atoms with Crippen molar-refractivity contribution in [3.05, 3.63) is 40.8 Å². The average molecular weight is 231 g/mol. The minimum Gasteiger partial charge on any atom is -0.397 e. The lowest BCUT2D eigenvalue weighted by molar-refractivity contribution is 0.392. The Balaban J connectivity index is 2.15. The zero-order valence-corrected chi connectivity index (χ0v) is 10.4. The molecule has 4 heteroatoms. The molecule has 0 aliphatic carbocycles. The summed E-state index contributed by atoms with van der Waals surface area (Å²) in [5.74, 6) is 0.848. The highest BCUT2D eigenvalue weighted by Crippen LogP contribution is 2.23. The van der Waals surface area contributed by atoms with Crippen molar-refractivity contribution in [1.29, 1.82) is 0 Å². The second-order valence-electron chi connectivity index (χ2n) is 4.19. The van der Waals surface area contributed by atoms with E-state index >= 15 is 0 Å². The summed E-state index contributed by atoms with van der Waals surface area (Å²) in [5, 5.41) is 7.23. The van der Waals surface area contributed by atoms with Crippen molar-refractivity contribution in [2.24, 2.45) is 0 Å². The van der Waals surface area contributed by atoms with E-state index in [1.54, 1.807) is 0 Å². The highest BCUT2D eigenvalue weighted by atomic mass is 16.5. The zero-order valence-electron chi connectivity index (χ0n) is 10.4. The number of benzene rings is 1. The van der Waals surface area contributed by atoms with Gasteiger partial charge in [-0.3, -0.25) is 0 Å². The Bertz CT molecular complexity index is 512. The number of aromatic nitrogens is 1. The fourth-order valence-electron chi connectivity index (χ4n) is 1.77. The number of aryl methyl sites for hydroxylation is 3. The molecule has 1 aromatic carbocycles. The van der Waals surface area contributed by atoms with E-state index in [9.17, 15) is 0 Å². The van der Waals surface area contributed by atoms with Crippen molar-refractivity contribution in [3.63, 3.8) is 0 Å². The van der Waals surface area contributed by atoms with Crippen LogP contribution in [0, 0.1) is 20.8 Å². The summed E-state index contributed by atoms with van der Waals surface area (Å²) in [4.78, 5) is 0. The lowest BCUT2D eigenvalue weighted by atomic mass is 10.1. The van der Waals surface area contributed by atoms with Gasteiger partial charge in [-0.2, -0.15) is 0 Å². The van der Waals surface area contributed by atoms with Crippen LogP contribution in [-0.2, 0) is 6.54 Å². The van der Waals surface area contributed by atoms with Gasteiger partial charge in [0.15, 0.2) is 0 Å². The molecule has 1 aromatic heterocycles. The maximum absolute atomic E-state index is 6.00. The minimum absolute atomic E-state index is 0.675. The summed E-state index contributed by atoms with van der Waals surface area (Å²) in [6, 6.07) is 5.96. The minimum atomic E-state index is 0.675. The molecule has 2 aromatic rings. The molecule has 0 atom stereocenters. The monoisotopic (exact) mass is 231 g/mol. The van der Waals surface area contributed by atoms with Gasteiger partial charge in [-0.15, -0.1) is 0 Å². The summed E-state index contributed by atoms with van der Waals surface area (Å²) in [6.45, 7) is 6.52. The number of nitrogens with two attached hydrogens (primary N) is 1. The molecular formula is C13H17N3O. The molecule has 0 aliphatic heterocycles. The first-order valence-corrected chi connectivity index (χ1v) is 5.60. The largest absolute Gasteiger partial charge is 0.397 e. The topological polar surface area (TPSA) is 64.1 Å². The Kier molecular flexibility index (Phi) is 3.04. The molecule has 90 valence electrons. The van der Waals surface area contributed by atoms with E-state index in [2.05, 4.69) is 10.5 Å². The highest BCUT2D eigenvalue weighted by molar-refractivity contribution is 5.69. The normalized spacial score (nSPS) is 10.5. The number of anilines is 2. The van der Waals surface area contributed by atoms with Crippen molar-refractivity contribution in [2.75, 3.05) is 11.1 Å². The third kappa shape index (κ3) is 2.25. The fourth-order valence-corrected chi connectivity index (χ4v) is 1.77. The highest BCUT2D eigenvalue weighted by Gasteiger charge is 2.09. The molecule has 17 heavy (non-hydrogen) atoms. The molecule has 0 bridgehead atoms.